The minimum absolute atomic E-state index is 1.33. The van der Waals surface area contributed by atoms with Crippen molar-refractivity contribution in [2.45, 2.75) is 12.3 Å². The minimum Gasteiger partial charge on any atom is -0.434 e. The molecule has 11 heavy (non-hydrogen) atoms. The van der Waals surface area contributed by atoms with Gasteiger partial charge in [-0.3, -0.25) is 0 Å². The standard InChI is InChI=1S/C4H6F3NO3/c5-4(6,7)2(1-9)11-3(8)10/h2,9H,1H2,(H2,8,10). The summed E-state index contributed by atoms with van der Waals surface area (Å²) in [5, 5.41) is 8.06. The zero-order chi connectivity index (χ0) is 9.07. The maximum atomic E-state index is 11.6. The number of hydrogen-bond acceptors (Lipinski definition) is 3. The van der Waals surface area contributed by atoms with E-state index in [1.54, 1.807) is 0 Å². The molecule has 0 spiro atoms. The van der Waals surface area contributed by atoms with Gasteiger partial charge >= 0.3 is 12.3 Å². The van der Waals surface area contributed by atoms with Gasteiger partial charge in [0, 0.05) is 0 Å². The Morgan fingerprint density at radius 1 is 1.64 bits per heavy atom. The van der Waals surface area contributed by atoms with Crippen LogP contribution in [0.4, 0.5) is 18.0 Å². The average Bonchev–Trinajstić information content (AvgIpc) is 1.79. The molecule has 0 radical (unpaired) electrons. The molecule has 0 saturated carbocycles. The molecule has 0 saturated heterocycles. The lowest BCUT2D eigenvalue weighted by Crippen LogP contribution is -2.38. The molecule has 1 amide bonds. The van der Waals surface area contributed by atoms with Crippen LogP contribution < -0.4 is 5.73 Å². The molecule has 0 bridgehead atoms. The number of rotatable bonds is 2. The van der Waals surface area contributed by atoms with Crippen molar-refractivity contribution in [3.8, 4) is 0 Å². The Balaban J connectivity index is 4.07. The zero-order valence-corrected chi connectivity index (χ0v) is 5.26. The second-order valence-electron chi connectivity index (χ2n) is 1.65. The fourth-order valence-electron chi connectivity index (χ4n) is 0.348. The minimum atomic E-state index is -4.77. The predicted molar refractivity (Wildman–Crippen MR) is 27.6 cm³/mol. The monoisotopic (exact) mass is 173 g/mol. The molecule has 1 atom stereocenters. The van der Waals surface area contributed by atoms with Crippen molar-refractivity contribution in [2.24, 2.45) is 5.73 Å². The number of ether oxygens (including phenoxy) is 1. The number of hydrogen-bond donors (Lipinski definition) is 2. The molecular weight excluding hydrogens is 167 g/mol. The van der Waals surface area contributed by atoms with Crippen molar-refractivity contribution in [2.75, 3.05) is 6.61 Å². The Morgan fingerprint density at radius 3 is 2.18 bits per heavy atom. The van der Waals surface area contributed by atoms with Gasteiger partial charge < -0.3 is 15.6 Å². The lowest BCUT2D eigenvalue weighted by Gasteiger charge is -2.16. The molecule has 0 aromatic carbocycles. The van der Waals surface area contributed by atoms with E-state index in [2.05, 4.69) is 10.5 Å². The van der Waals surface area contributed by atoms with Gasteiger partial charge in [-0.05, 0) is 0 Å². The van der Waals surface area contributed by atoms with Gasteiger partial charge in [0.05, 0.1) is 6.61 Å². The van der Waals surface area contributed by atoms with E-state index in [9.17, 15) is 18.0 Å². The highest BCUT2D eigenvalue weighted by atomic mass is 19.4. The summed E-state index contributed by atoms with van der Waals surface area (Å²) in [6.45, 7) is -1.33. The van der Waals surface area contributed by atoms with Crippen LogP contribution in [0.3, 0.4) is 0 Å². The number of halogens is 3. The van der Waals surface area contributed by atoms with E-state index < -0.39 is 25.0 Å². The number of primary amides is 1. The summed E-state index contributed by atoms with van der Waals surface area (Å²) in [6.07, 6.45) is -8.87. The van der Waals surface area contributed by atoms with Gasteiger partial charge in [-0.2, -0.15) is 13.2 Å². The van der Waals surface area contributed by atoms with Gasteiger partial charge in [-0.15, -0.1) is 0 Å². The Morgan fingerprint density at radius 2 is 2.09 bits per heavy atom. The first-order chi connectivity index (χ1) is 4.88. The highest BCUT2D eigenvalue weighted by molar-refractivity contribution is 5.64. The Bertz CT molecular complexity index is 146. The molecule has 0 aliphatic rings. The third kappa shape index (κ3) is 3.66. The molecule has 4 nitrogen and oxygen atoms in total. The third-order valence-corrected chi connectivity index (χ3v) is 0.789. The Kier molecular flexibility index (Phi) is 3.12. The van der Waals surface area contributed by atoms with Crippen LogP contribution in [0.5, 0.6) is 0 Å². The van der Waals surface area contributed by atoms with E-state index in [0.29, 0.717) is 0 Å². The summed E-state index contributed by atoms with van der Waals surface area (Å²) < 4.78 is 38.3. The van der Waals surface area contributed by atoms with Crippen molar-refractivity contribution in [1.82, 2.24) is 0 Å². The van der Waals surface area contributed by atoms with Crippen molar-refractivity contribution < 1.29 is 27.8 Å². The topological polar surface area (TPSA) is 72.6 Å². The lowest BCUT2D eigenvalue weighted by molar-refractivity contribution is -0.211. The number of carbonyl (C=O) groups is 1. The van der Waals surface area contributed by atoms with E-state index in [1.165, 1.54) is 0 Å². The van der Waals surface area contributed by atoms with Crippen molar-refractivity contribution in [3.63, 3.8) is 0 Å². The summed E-state index contributed by atoms with van der Waals surface area (Å²) in [7, 11) is 0. The van der Waals surface area contributed by atoms with E-state index in [4.69, 9.17) is 5.11 Å². The fraction of sp³-hybridized carbons (Fsp3) is 0.750. The average molecular weight is 173 g/mol. The fourth-order valence-corrected chi connectivity index (χ4v) is 0.348. The third-order valence-electron chi connectivity index (χ3n) is 0.789. The quantitative estimate of drug-likeness (QED) is 0.617. The van der Waals surface area contributed by atoms with Crippen LogP contribution in [0.15, 0.2) is 0 Å². The molecule has 0 aliphatic heterocycles. The number of aliphatic hydroxyl groups excluding tert-OH is 1. The summed E-state index contributed by atoms with van der Waals surface area (Å²) in [5.41, 5.74) is 4.29. The smallest absolute Gasteiger partial charge is 0.427 e. The number of carbonyl (C=O) groups excluding carboxylic acids is 1. The largest absolute Gasteiger partial charge is 0.434 e. The second-order valence-corrected chi connectivity index (χ2v) is 1.65. The van der Waals surface area contributed by atoms with Gasteiger partial charge in [0.15, 0.2) is 0 Å². The molecule has 0 heterocycles. The number of amides is 1. The first-order valence-electron chi connectivity index (χ1n) is 2.51. The summed E-state index contributed by atoms with van der Waals surface area (Å²) in [6, 6.07) is 0. The van der Waals surface area contributed by atoms with Crippen LogP contribution in [0.25, 0.3) is 0 Å². The van der Waals surface area contributed by atoms with Gasteiger partial charge in [-0.1, -0.05) is 0 Å². The van der Waals surface area contributed by atoms with Crippen LogP contribution in [-0.4, -0.2) is 30.1 Å². The zero-order valence-electron chi connectivity index (χ0n) is 5.26. The second kappa shape index (κ2) is 3.42. The highest BCUT2D eigenvalue weighted by Crippen LogP contribution is 2.22. The highest BCUT2D eigenvalue weighted by Gasteiger charge is 2.42. The van der Waals surface area contributed by atoms with E-state index in [-0.39, 0.29) is 0 Å². The summed E-state index contributed by atoms with van der Waals surface area (Å²) in [4.78, 5) is 9.80. The van der Waals surface area contributed by atoms with Crippen molar-refractivity contribution in [1.29, 1.82) is 0 Å². The van der Waals surface area contributed by atoms with Crippen LogP contribution in [0.1, 0.15) is 0 Å². The molecule has 3 N–H and O–H groups in total. The number of alkyl halides is 3. The molecule has 0 aliphatic carbocycles. The lowest BCUT2D eigenvalue weighted by atomic mass is 10.4. The molecule has 1 unspecified atom stereocenters. The number of nitrogens with two attached hydrogens (primary N) is 1. The van der Waals surface area contributed by atoms with Crippen molar-refractivity contribution in [3.05, 3.63) is 0 Å². The molecule has 0 rings (SSSR count). The molecule has 66 valence electrons. The SMILES string of the molecule is NC(=O)OC(CO)C(F)(F)F. The summed E-state index contributed by atoms with van der Waals surface area (Å²) in [5.74, 6) is 0. The molecular formula is C4H6F3NO3. The van der Waals surface area contributed by atoms with Gasteiger partial charge in [0.1, 0.15) is 0 Å². The van der Waals surface area contributed by atoms with E-state index in [1.807, 2.05) is 0 Å². The van der Waals surface area contributed by atoms with Gasteiger partial charge in [0.2, 0.25) is 6.10 Å². The predicted octanol–water partition coefficient (Wildman–Crippen LogP) is 0.00490. The van der Waals surface area contributed by atoms with Crippen LogP contribution in [-0.2, 0) is 4.74 Å². The van der Waals surface area contributed by atoms with E-state index in [0.717, 1.165) is 0 Å². The normalized spacial score (nSPS) is 14.2. The van der Waals surface area contributed by atoms with Gasteiger partial charge in [-0.25, -0.2) is 4.79 Å². The van der Waals surface area contributed by atoms with Gasteiger partial charge in [0.25, 0.3) is 0 Å². The summed E-state index contributed by atoms with van der Waals surface area (Å²) >= 11 is 0. The number of aliphatic hydroxyl groups is 1. The Labute approximate surface area is 59.7 Å². The first kappa shape index (κ1) is 10.0. The molecule has 7 heteroatoms. The van der Waals surface area contributed by atoms with E-state index >= 15 is 0 Å². The molecule has 0 fully saturated rings. The van der Waals surface area contributed by atoms with Crippen LogP contribution in [0.2, 0.25) is 0 Å². The van der Waals surface area contributed by atoms with Crippen LogP contribution in [0, 0.1) is 0 Å². The first-order valence-corrected chi connectivity index (χ1v) is 2.51. The Hall–Kier alpha value is -0.980. The van der Waals surface area contributed by atoms with Crippen LogP contribution >= 0.6 is 0 Å². The maximum Gasteiger partial charge on any atom is 0.427 e. The van der Waals surface area contributed by atoms with Crippen molar-refractivity contribution >= 4 is 6.09 Å². The maximum absolute atomic E-state index is 11.6. The molecule has 0 aromatic rings. The molecule has 0 aromatic heterocycles.